The molecular formula is C18H25N3O2. The molecule has 0 amide bonds. The van der Waals surface area contributed by atoms with Crippen LogP contribution in [0.2, 0.25) is 0 Å². The maximum Gasteiger partial charge on any atom is 0.119 e. The second-order valence-electron chi connectivity index (χ2n) is 6.03. The molecule has 0 fully saturated rings. The van der Waals surface area contributed by atoms with Gasteiger partial charge in [0.1, 0.15) is 5.75 Å². The lowest BCUT2D eigenvalue weighted by Crippen LogP contribution is -2.34. The van der Waals surface area contributed by atoms with Gasteiger partial charge in [-0.2, -0.15) is 0 Å². The minimum atomic E-state index is 0.375. The Kier molecular flexibility index (Phi) is 4.98. The Morgan fingerprint density at radius 2 is 2.17 bits per heavy atom. The molecule has 5 heteroatoms. The van der Waals surface area contributed by atoms with E-state index in [-0.39, 0.29) is 0 Å². The van der Waals surface area contributed by atoms with Crippen LogP contribution in [0.25, 0.3) is 0 Å². The van der Waals surface area contributed by atoms with Gasteiger partial charge in [-0.3, -0.25) is 4.90 Å². The molecule has 5 nitrogen and oxygen atoms in total. The third-order valence-electron chi connectivity index (χ3n) is 4.72. The van der Waals surface area contributed by atoms with Gasteiger partial charge in [-0.15, -0.1) is 0 Å². The lowest BCUT2D eigenvalue weighted by molar-refractivity contribution is 0.172. The quantitative estimate of drug-likeness (QED) is 0.821. The van der Waals surface area contributed by atoms with Gasteiger partial charge in [0, 0.05) is 39.0 Å². The smallest absolute Gasteiger partial charge is 0.119 e. The molecule has 1 unspecified atom stereocenters. The van der Waals surface area contributed by atoms with Crippen molar-refractivity contribution < 1.29 is 9.47 Å². The Balaban J connectivity index is 1.76. The Bertz CT molecular complexity index is 653. The lowest BCUT2D eigenvalue weighted by atomic mass is 9.93. The summed E-state index contributed by atoms with van der Waals surface area (Å²) in [5, 5.41) is 0. The molecule has 2 aromatic rings. The van der Waals surface area contributed by atoms with Crippen LogP contribution < -0.4 is 4.74 Å². The van der Waals surface area contributed by atoms with E-state index in [0.29, 0.717) is 12.6 Å². The van der Waals surface area contributed by atoms with E-state index in [2.05, 4.69) is 39.6 Å². The highest BCUT2D eigenvalue weighted by atomic mass is 16.5. The molecule has 1 aliphatic rings. The molecule has 0 saturated carbocycles. The van der Waals surface area contributed by atoms with E-state index in [1.54, 1.807) is 14.2 Å². The van der Waals surface area contributed by atoms with Crippen molar-refractivity contribution in [2.45, 2.75) is 32.5 Å². The maximum atomic E-state index is 5.39. The molecule has 3 rings (SSSR count). The van der Waals surface area contributed by atoms with Crippen LogP contribution in [0.1, 0.15) is 29.8 Å². The van der Waals surface area contributed by atoms with E-state index >= 15 is 0 Å². The minimum absolute atomic E-state index is 0.375. The average molecular weight is 315 g/mol. The van der Waals surface area contributed by atoms with Crippen molar-refractivity contribution in [3.05, 3.63) is 47.5 Å². The van der Waals surface area contributed by atoms with Crippen LogP contribution in [-0.4, -0.2) is 41.8 Å². The van der Waals surface area contributed by atoms with Crippen LogP contribution in [0, 0.1) is 0 Å². The molecule has 124 valence electrons. The molecule has 0 aliphatic carbocycles. The highest BCUT2D eigenvalue weighted by molar-refractivity contribution is 5.39. The monoisotopic (exact) mass is 315 g/mol. The first-order valence-electron chi connectivity index (χ1n) is 8.11. The van der Waals surface area contributed by atoms with Gasteiger partial charge in [0.25, 0.3) is 0 Å². The van der Waals surface area contributed by atoms with E-state index in [9.17, 15) is 0 Å². The number of aromatic nitrogens is 2. The molecule has 0 radical (unpaired) electrons. The van der Waals surface area contributed by atoms with Crippen molar-refractivity contribution >= 4 is 0 Å². The number of benzene rings is 1. The van der Waals surface area contributed by atoms with E-state index in [0.717, 1.165) is 31.8 Å². The summed E-state index contributed by atoms with van der Waals surface area (Å²) in [7, 11) is 3.45. The highest BCUT2D eigenvalue weighted by Crippen LogP contribution is 2.32. The normalized spacial score (nSPS) is 18.0. The summed E-state index contributed by atoms with van der Waals surface area (Å²) in [6.45, 7) is 5.79. The van der Waals surface area contributed by atoms with Gasteiger partial charge >= 0.3 is 0 Å². The van der Waals surface area contributed by atoms with Gasteiger partial charge in [-0.25, -0.2) is 4.98 Å². The van der Waals surface area contributed by atoms with Gasteiger partial charge in [-0.1, -0.05) is 6.07 Å². The summed E-state index contributed by atoms with van der Waals surface area (Å²) in [4.78, 5) is 6.80. The van der Waals surface area contributed by atoms with Gasteiger partial charge in [0.05, 0.1) is 25.7 Å². The minimum Gasteiger partial charge on any atom is -0.497 e. The molecular weight excluding hydrogens is 290 g/mol. The van der Waals surface area contributed by atoms with E-state index in [4.69, 9.17) is 9.47 Å². The Morgan fingerprint density at radius 3 is 2.96 bits per heavy atom. The summed E-state index contributed by atoms with van der Waals surface area (Å²) < 4.78 is 12.7. The predicted molar refractivity (Wildman–Crippen MR) is 89.6 cm³/mol. The number of fused-ring (bicyclic) bond motifs is 1. The molecule has 1 atom stereocenters. The molecule has 0 saturated heterocycles. The number of hydrogen-bond donors (Lipinski definition) is 0. The zero-order valence-corrected chi connectivity index (χ0v) is 14.2. The highest BCUT2D eigenvalue weighted by Gasteiger charge is 2.25. The number of ether oxygens (including phenoxy) is 2. The van der Waals surface area contributed by atoms with Gasteiger partial charge < -0.3 is 14.0 Å². The van der Waals surface area contributed by atoms with Crippen molar-refractivity contribution in [2.75, 3.05) is 27.4 Å². The predicted octanol–water partition coefficient (Wildman–Crippen LogP) is 2.66. The summed E-state index contributed by atoms with van der Waals surface area (Å²) in [5.41, 5.74) is 4.04. The first kappa shape index (κ1) is 16.0. The largest absolute Gasteiger partial charge is 0.497 e. The zero-order valence-electron chi connectivity index (χ0n) is 14.2. The van der Waals surface area contributed by atoms with E-state index < -0.39 is 0 Å². The second-order valence-corrected chi connectivity index (χ2v) is 6.03. The lowest BCUT2D eigenvalue weighted by Gasteiger charge is -2.35. The number of imidazole rings is 1. The third kappa shape index (κ3) is 3.41. The summed E-state index contributed by atoms with van der Waals surface area (Å²) in [5.74, 6) is 0.933. The fraction of sp³-hybridized carbons (Fsp3) is 0.500. The molecule has 2 heterocycles. The van der Waals surface area contributed by atoms with Crippen molar-refractivity contribution in [3.8, 4) is 5.75 Å². The topological polar surface area (TPSA) is 39.5 Å². The van der Waals surface area contributed by atoms with Crippen LogP contribution in [-0.2, 0) is 24.2 Å². The number of rotatable bonds is 6. The van der Waals surface area contributed by atoms with Crippen molar-refractivity contribution in [3.63, 3.8) is 0 Å². The fourth-order valence-corrected chi connectivity index (χ4v) is 3.27. The molecule has 0 bridgehead atoms. The standard InChI is InChI=1S/C18H25N3O2/c1-14-18-10-17(23-3)5-4-15(18)6-7-20(14)12-16-11-19-13-21(16)8-9-22-2/h4-5,10-11,13-14H,6-9,12H2,1-3H3. The molecule has 1 aromatic heterocycles. The van der Waals surface area contributed by atoms with Crippen molar-refractivity contribution in [1.29, 1.82) is 0 Å². The first-order chi connectivity index (χ1) is 11.2. The van der Waals surface area contributed by atoms with Crippen LogP contribution in [0.5, 0.6) is 5.75 Å². The van der Waals surface area contributed by atoms with Crippen LogP contribution in [0.4, 0.5) is 0 Å². The van der Waals surface area contributed by atoms with Crippen LogP contribution in [0.3, 0.4) is 0 Å². The fourth-order valence-electron chi connectivity index (χ4n) is 3.27. The SMILES string of the molecule is COCCn1cncc1CN1CCc2ccc(OC)cc2C1C. The number of hydrogen-bond acceptors (Lipinski definition) is 4. The van der Waals surface area contributed by atoms with E-state index in [1.165, 1.54) is 16.8 Å². The van der Waals surface area contributed by atoms with Gasteiger partial charge in [-0.05, 0) is 36.6 Å². The number of nitrogens with zero attached hydrogens (tertiary/aromatic N) is 3. The second kappa shape index (κ2) is 7.15. The molecule has 1 aromatic carbocycles. The van der Waals surface area contributed by atoms with Crippen LogP contribution in [0.15, 0.2) is 30.7 Å². The third-order valence-corrected chi connectivity index (χ3v) is 4.72. The van der Waals surface area contributed by atoms with Crippen LogP contribution >= 0.6 is 0 Å². The maximum absolute atomic E-state index is 5.39. The zero-order chi connectivity index (χ0) is 16.2. The molecule has 0 N–H and O–H groups in total. The molecule has 23 heavy (non-hydrogen) atoms. The Labute approximate surface area is 137 Å². The summed E-state index contributed by atoms with van der Waals surface area (Å²) in [6, 6.07) is 6.81. The first-order valence-corrected chi connectivity index (χ1v) is 8.11. The van der Waals surface area contributed by atoms with Gasteiger partial charge in [0.2, 0.25) is 0 Å². The van der Waals surface area contributed by atoms with Crippen molar-refractivity contribution in [2.24, 2.45) is 0 Å². The van der Waals surface area contributed by atoms with Gasteiger partial charge in [0.15, 0.2) is 0 Å². The van der Waals surface area contributed by atoms with E-state index in [1.807, 2.05) is 12.5 Å². The molecule has 0 spiro atoms. The summed E-state index contributed by atoms with van der Waals surface area (Å²) >= 11 is 0. The average Bonchev–Trinajstić information content (AvgIpc) is 3.02. The Morgan fingerprint density at radius 1 is 1.30 bits per heavy atom. The summed E-state index contributed by atoms with van der Waals surface area (Å²) in [6.07, 6.45) is 4.93. The Hall–Kier alpha value is -1.85. The number of methoxy groups -OCH3 is 2. The van der Waals surface area contributed by atoms with Crippen molar-refractivity contribution in [1.82, 2.24) is 14.5 Å². The molecule has 1 aliphatic heterocycles.